The summed E-state index contributed by atoms with van der Waals surface area (Å²) in [6.07, 6.45) is 2.39. The zero-order chi connectivity index (χ0) is 43.8. The first kappa shape index (κ1) is 44.7. The van der Waals surface area contributed by atoms with Crippen LogP contribution in [0.25, 0.3) is 11.2 Å². The minimum atomic E-state index is -1.50. The molecule has 5 heterocycles. The average Bonchev–Trinajstić information content (AvgIpc) is 3.85. The van der Waals surface area contributed by atoms with Crippen LogP contribution in [0.3, 0.4) is 0 Å². The van der Waals surface area contributed by atoms with Crippen molar-refractivity contribution in [3.05, 3.63) is 54.6 Å². The Hall–Kier alpha value is -5.87. The molecular formula is C40H54N11O10+. The van der Waals surface area contributed by atoms with Crippen LogP contribution in [0.4, 0.5) is 11.5 Å². The molecule has 0 bridgehead atoms. The number of benzene rings is 1. The van der Waals surface area contributed by atoms with E-state index in [0.29, 0.717) is 27.9 Å². The fourth-order valence-electron chi connectivity index (χ4n) is 7.87. The van der Waals surface area contributed by atoms with Crippen molar-refractivity contribution in [2.75, 3.05) is 43.4 Å². The van der Waals surface area contributed by atoms with Gasteiger partial charge in [0.15, 0.2) is 24.2 Å². The number of piperidine rings is 1. The van der Waals surface area contributed by atoms with Crippen LogP contribution in [0.1, 0.15) is 52.0 Å². The summed E-state index contributed by atoms with van der Waals surface area (Å²) in [5, 5.41) is 46.3. The molecule has 0 radical (unpaired) electrons. The maximum absolute atomic E-state index is 13.7. The van der Waals surface area contributed by atoms with E-state index in [4.69, 9.17) is 4.74 Å². The summed E-state index contributed by atoms with van der Waals surface area (Å²) in [6.45, 7) is 6.33. The number of aromatic amines is 1. The number of imide groups is 1. The van der Waals surface area contributed by atoms with Gasteiger partial charge >= 0.3 is 0 Å². The van der Waals surface area contributed by atoms with E-state index in [1.807, 2.05) is 12.1 Å². The van der Waals surface area contributed by atoms with Gasteiger partial charge in [-0.15, -0.1) is 0 Å². The minimum absolute atomic E-state index is 0.0701. The Balaban J connectivity index is 1.01. The zero-order valence-electron chi connectivity index (χ0n) is 34.2. The molecule has 1 aromatic carbocycles. The number of anilines is 2. The Kier molecular flexibility index (Phi) is 14.4. The number of nitrogens with zero attached hydrogens (tertiary/aromatic N) is 5. The van der Waals surface area contributed by atoms with Crippen LogP contribution >= 0.6 is 0 Å². The second-order valence-electron chi connectivity index (χ2n) is 16.1. The van der Waals surface area contributed by atoms with Gasteiger partial charge in [-0.3, -0.25) is 33.7 Å². The standard InChI is InChI=1S/C40H53N11O10/c1-22(2)31(47-27(53)13-14-50-29(55)11-12-30(50)56)39(60)45-23(3)38(59)46-25-9-7-24(8-10-25)17-51(15-5-4-6-16-51)18-28(54)48-32-26(19-52)61-40(35(58)34(32)57)49-37-33-36(42-20-41-33)43-21-44-37/h7-12,20-23,26,31-32,34-35,40,52,57-58H,4-6,13-19H2,1-3H3,(H5-,41,42,43,44,45,46,47,48,49,53,54,55,56,59,60)/p+1/t23-,26-,31-,32-,34+,35-,40-/m0/s1. The molecule has 9 N–H and O–H groups in total. The van der Waals surface area contributed by atoms with Gasteiger partial charge in [-0.05, 0) is 44.2 Å². The number of aliphatic hydroxyl groups excluding tert-OH is 3. The summed E-state index contributed by atoms with van der Waals surface area (Å²) in [4.78, 5) is 92.3. The number of hydrogen-bond donors (Lipinski definition) is 9. The number of carbonyl (C=O) groups is 6. The summed E-state index contributed by atoms with van der Waals surface area (Å²) in [5.74, 6) is -3.04. The lowest BCUT2D eigenvalue weighted by atomic mass is 9.95. The molecule has 21 heteroatoms. The fourth-order valence-corrected chi connectivity index (χ4v) is 7.87. The molecule has 6 rings (SSSR count). The number of quaternary nitrogens is 1. The first-order valence-corrected chi connectivity index (χ1v) is 20.4. The van der Waals surface area contributed by atoms with Gasteiger partial charge in [0.05, 0.1) is 32.1 Å². The number of imidazole rings is 1. The maximum Gasteiger partial charge on any atom is 0.275 e. The molecule has 328 valence electrons. The van der Waals surface area contributed by atoms with Crippen molar-refractivity contribution in [3.63, 3.8) is 0 Å². The Morgan fingerprint density at radius 2 is 1.62 bits per heavy atom. The number of ether oxygens (including phenoxy) is 1. The summed E-state index contributed by atoms with van der Waals surface area (Å²) in [7, 11) is 0. The van der Waals surface area contributed by atoms with Gasteiger partial charge in [0, 0.05) is 36.4 Å². The molecule has 0 aliphatic carbocycles. The predicted octanol–water partition coefficient (Wildman–Crippen LogP) is -1.21. The number of carbonyl (C=O) groups excluding carboxylic acids is 6. The molecule has 21 nitrogen and oxygen atoms in total. The van der Waals surface area contributed by atoms with Crippen LogP contribution in [0.15, 0.2) is 49.1 Å². The number of fused-ring (bicyclic) bond motifs is 1. The molecule has 7 atom stereocenters. The van der Waals surface area contributed by atoms with Gasteiger partial charge in [-0.2, -0.15) is 0 Å². The summed E-state index contributed by atoms with van der Waals surface area (Å²) < 4.78 is 6.36. The topological polar surface area (TPSA) is 290 Å². The quantitative estimate of drug-likeness (QED) is 0.0570. The van der Waals surface area contributed by atoms with Crippen molar-refractivity contribution in [2.24, 2.45) is 5.92 Å². The summed E-state index contributed by atoms with van der Waals surface area (Å²) in [6, 6.07) is 4.13. The van der Waals surface area contributed by atoms with E-state index in [2.05, 4.69) is 46.5 Å². The van der Waals surface area contributed by atoms with Crippen molar-refractivity contribution in [1.82, 2.24) is 40.8 Å². The van der Waals surface area contributed by atoms with Gasteiger partial charge in [0.25, 0.3) is 17.7 Å². The van der Waals surface area contributed by atoms with Crippen molar-refractivity contribution in [1.29, 1.82) is 0 Å². The van der Waals surface area contributed by atoms with E-state index in [1.165, 1.54) is 19.6 Å². The Morgan fingerprint density at radius 1 is 0.918 bits per heavy atom. The van der Waals surface area contributed by atoms with Crippen molar-refractivity contribution in [3.8, 4) is 0 Å². The van der Waals surface area contributed by atoms with E-state index >= 15 is 0 Å². The maximum atomic E-state index is 13.7. The molecule has 6 amide bonds. The Bertz CT molecular complexity index is 2090. The molecule has 0 spiro atoms. The SMILES string of the molecule is CC(C)[C@H](NC(=O)CCN1C(=O)C=CC1=O)C(=O)N[C@@H](C)C(=O)Nc1ccc(C[N+]2(CC(=O)N[C@@H]3[C@@H](O)[C@H](O)[C@@H](Nc4ncnc5nc[nH]c45)O[C@H]3CO)CCCCC2)cc1. The second kappa shape index (κ2) is 19.7. The smallest absolute Gasteiger partial charge is 0.275 e. The third kappa shape index (κ3) is 10.9. The van der Waals surface area contributed by atoms with Gasteiger partial charge in [0.1, 0.15) is 48.8 Å². The molecule has 2 saturated heterocycles. The molecule has 2 fully saturated rings. The third-order valence-corrected chi connectivity index (χ3v) is 11.2. The molecule has 3 aromatic rings. The van der Waals surface area contributed by atoms with Crippen LogP contribution in [0, 0.1) is 5.92 Å². The van der Waals surface area contributed by atoms with Gasteiger partial charge in [-0.1, -0.05) is 26.0 Å². The summed E-state index contributed by atoms with van der Waals surface area (Å²) in [5.41, 5.74) is 2.23. The lowest BCUT2D eigenvalue weighted by Crippen LogP contribution is -2.67. The highest BCUT2D eigenvalue weighted by Gasteiger charge is 2.46. The van der Waals surface area contributed by atoms with Crippen molar-refractivity contribution in [2.45, 2.75) is 95.7 Å². The molecule has 2 aromatic heterocycles. The third-order valence-electron chi connectivity index (χ3n) is 11.2. The molecular weight excluding hydrogens is 795 g/mol. The van der Waals surface area contributed by atoms with Crippen LogP contribution in [-0.2, 0) is 40.0 Å². The van der Waals surface area contributed by atoms with Gasteiger partial charge in [0.2, 0.25) is 17.7 Å². The molecule has 0 unspecified atom stereocenters. The number of hydrogen-bond acceptors (Lipinski definition) is 14. The molecule has 3 aliphatic rings. The highest BCUT2D eigenvalue weighted by Crippen LogP contribution is 2.27. The second-order valence-corrected chi connectivity index (χ2v) is 16.1. The first-order chi connectivity index (χ1) is 29.2. The van der Waals surface area contributed by atoms with Crippen LogP contribution in [0.5, 0.6) is 0 Å². The molecule has 0 saturated carbocycles. The normalized spacial score (nSPS) is 23.4. The first-order valence-electron chi connectivity index (χ1n) is 20.4. The van der Waals surface area contributed by atoms with E-state index in [-0.39, 0.29) is 37.2 Å². The fraction of sp³-hybridized carbons (Fsp3) is 0.525. The number of amides is 6. The highest BCUT2D eigenvalue weighted by atomic mass is 16.5. The number of aromatic nitrogens is 4. The largest absolute Gasteiger partial charge is 0.394 e. The Labute approximate surface area is 351 Å². The molecule has 3 aliphatic heterocycles. The highest BCUT2D eigenvalue weighted by molar-refractivity contribution is 6.13. The number of likely N-dealkylation sites (tertiary alicyclic amines) is 1. The molecule has 61 heavy (non-hydrogen) atoms. The van der Waals surface area contributed by atoms with E-state index < -0.39 is 78.8 Å². The van der Waals surface area contributed by atoms with Gasteiger partial charge < -0.3 is 56.1 Å². The number of rotatable bonds is 17. The number of nitrogens with one attached hydrogen (secondary N) is 6. The summed E-state index contributed by atoms with van der Waals surface area (Å²) >= 11 is 0. The van der Waals surface area contributed by atoms with Gasteiger partial charge in [-0.25, -0.2) is 15.0 Å². The van der Waals surface area contributed by atoms with Crippen LogP contribution in [-0.4, -0.2) is 156 Å². The lowest BCUT2D eigenvalue weighted by Gasteiger charge is -2.44. The monoisotopic (exact) mass is 848 g/mol. The van der Waals surface area contributed by atoms with Crippen LogP contribution in [0.2, 0.25) is 0 Å². The Morgan fingerprint density at radius 3 is 2.30 bits per heavy atom. The van der Waals surface area contributed by atoms with E-state index in [0.717, 1.165) is 55.0 Å². The van der Waals surface area contributed by atoms with Crippen LogP contribution < -0.4 is 26.6 Å². The predicted molar refractivity (Wildman–Crippen MR) is 217 cm³/mol. The zero-order valence-corrected chi connectivity index (χ0v) is 34.2. The number of aliphatic hydroxyl groups is 3. The van der Waals surface area contributed by atoms with E-state index in [9.17, 15) is 44.1 Å². The van der Waals surface area contributed by atoms with Crippen molar-refractivity contribution < 1.29 is 53.3 Å². The van der Waals surface area contributed by atoms with Crippen molar-refractivity contribution >= 4 is 58.1 Å². The minimum Gasteiger partial charge on any atom is -0.394 e. The van der Waals surface area contributed by atoms with E-state index in [1.54, 1.807) is 26.0 Å². The average molecular weight is 849 g/mol. The lowest BCUT2D eigenvalue weighted by molar-refractivity contribution is -0.938. The number of H-pyrrole nitrogens is 1.